The van der Waals surface area contributed by atoms with Crippen LogP contribution >= 0.6 is 0 Å². The van der Waals surface area contributed by atoms with Gasteiger partial charge in [0.15, 0.2) is 0 Å². The second-order valence-electron chi connectivity index (χ2n) is 7.40. The van der Waals surface area contributed by atoms with Gasteiger partial charge in [-0.2, -0.15) is 13.2 Å². The minimum atomic E-state index is -4.44. The predicted octanol–water partition coefficient (Wildman–Crippen LogP) is 5.21. The zero-order chi connectivity index (χ0) is 21.1. The van der Waals surface area contributed by atoms with E-state index in [-0.39, 0.29) is 23.8 Å². The Bertz CT molecular complexity index is 888. The molecule has 0 spiro atoms. The SMILES string of the molecule is CCC(=O)CC1(C(=O)NCc2ccc(Nc3ccccc3C(F)(F)F)cc2)CC1. The summed E-state index contributed by atoms with van der Waals surface area (Å²) in [6.45, 7) is 2.10. The van der Waals surface area contributed by atoms with Gasteiger partial charge in [0.25, 0.3) is 0 Å². The van der Waals surface area contributed by atoms with E-state index >= 15 is 0 Å². The van der Waals surface area contributed by atoms with Crippen molar-refractivity contribution >= 4 is 23.1 Å². The Morgan fingerprint density at radius 3 is 2.28 bits per heavy atom. The van der Waals surface area contributed by atoms with Crippen molar-refractivity contribution in [3.8, 4) is 0 Å². The number of rotatable bonds is 8. The molecule has 0 atom stereocenters. The van der Waals surface area contributed by atoms with Gasteiger partial charge in [0.1, 0.15) is 5.78 Å². The number of hydrogen-bond acceptors (Lipinski definition) is 3. The maximum absolute atomic E-state index is 13.1. The molecule has 0 bridgehead atoms. The highest BCUT2D eigenvalue weighted by Gasteiger charge is 2.50. The minimum Gasteiger partial charge on any atom is -0.355 e. The summed E-state index contributed by atoms with van der Waals surface area (Å²) >= 11 is 0. The topological polar surface area (TPSA) is 58.2 Å². The summed E-state index contributed by atoms with van der Waals surface area (Å²) in [7, 11) is 0. The molecule has 0 heterocycles. The average Bonchev–Trinajstić information content (AvgIpc) is 3.47. The Morgan fingerprint density at radius 2 is 1.69 bits per heavy atom. The molecule has 7 heteroatoms. The van der Waals surface area contributed by atoms with Gasteiger partial charge in [0, 0.05) is 25.1 Å². The molecule has 2 N–H and O–H groups in total. The summed E-state index contributed by atoms with van der Waals surface area (Å²) in [6, 6.07) is 12.1. The van der Waals surface area contributed by atoms with Gasteiger partial charge < -0.3 is 10.6 Å². The molecule has 29 heavy (non-hydrogen) atoms. The van der Waals surface area contributed by atoms with E-state index in [4.69, 9.17) is 0 Å². The van der Waals surface area contributed by atoms with Crippen LogP contribution in [0.2, 0.25) is 0 Å². The number of para-hydroxylation sites is 1. The van der Waals surface area contributed by atoms with Crippen LogP contribution in [0.15, 0.2) is 48.5 Å². The second-order valence-corrected chi connectivity index (χ2v) is 7.40. The third kappa shape index (κ3) is 5.16. The van der Waals surface area contributed by atoms with Gasteiger partial charge in [-0.25, -0.2) is 0 Å². The number of amides is 1. The highest BCUT2D eigenvalue weighted by atomic mass is 19.4. The molecule has 0 unspecified atom stereocenters. The fraction of sp³-hybridized carbons (Fsp3) is 0.364. The Balaban J connectivity index is 1.59. The van der Waals surface area contributed by atoms with Crippen molar-refractivity contribution < 1.29 is 22.8 Å². The summed E-state index contributed by atoms with van der Waals surface area (Å²) in [5.41, 5.74) is 0.0511. The lowest BCUT2D eigenvalue weighted by Crippen LogP contribution is -2.33. The van der Waals surface area contributed by atoms with Gasteiger partial charge in [-0.1, -0.05) is 31.2 Å². The van der Waals surface area contributed by atoms with Crippen molar-refractivity contribution in [2.24, 2.45) is 5.41 Å². The van der Waals surface area contributed by atoms with E-state index in [9.17, 15) is 22.8 Å². The first kappa shape index (κ1) is 20.9. The molecule has 1 aliphatic rings. The summed E-state index contributed by atoms with van der Waals surface area (Å²) in [5, 5.41) is 5.66. The van der Waals surface area contributed by atoms with Crippen LogP contribution in [0.25, 0.3) is 0 Å². The second kappa shape index (κ2) is 8.27. The maximum atomic E-state index is 13.1. The van der Waals surface area contributed by atoms with Crippen LogP contribution in [0.4, 0.5) is 24.5 Å². The molecule has 154 valence electrons. The molecule has 1 amide bonds. The highest BCUT2D eigenvalue weighted by Crippen LogP contribution is 2.49. The Morgan fingerprint density at radius 1 is 1.03 bits per heavy atom. The fourth-order valence-electron chi connectivity index (χ4n) is 3.21. The number of hydrogen-bond donors (Lipinski definition) is 2. The van der Waals surface area contributed by atoms with E-state index in [1.165, 1.54) is 12.1 Å². The molecule has 1 aliphatic carbocycles. The van der Waals surface area contributed by atoms with Gasteiger partial charge in [-0.15, -0.1) is 0 Å². The molecule has 0 aliphatic heterocycles. The van der Waals surface area contributed by atoms with Crippen LogP contribution in [0.5, 0.6) is 0 Å². The van der Waals surface area contributed by atoms with E-state index in [2.05, 4.69) is 10.6 Å². The van der Waals surface area contributed by atoms with Crippen LogP contribution in [0.1, 0.15) is 43.7 Å². The van der Waals surface area contributed by atoms with Gasteiger partial charge in [-0.3, -0.25) is 9.59 Å². The lowest BCUT2D eigenvalue weighted by molar-refractivity contribution is -0.137. The van der Waals surface area contributed by atoms with Crippen molar-refractivity contribution in [1.82, 2.24) is 5.32 Å². The molecular weight excluding hydrogens is 381 g/mol. The summed E-state index contributed by atoms with van der Waals surface area (Å²) in [6.07, 6.45) is -2.26. The van der Waals surface area contributed by atoms with E-state index in [1.807, 2.05) is 0 Å². The van der Waals surface area contributed by atoms with Gasteiger partial charge >= 0.3 is 6.18 Å². The number of halogens is 3. The third-order valence-corrected chi connectivity index (χ3v) is 5.18. The quantitative estimate of drug-likeness (QED) is 0.635. The number of Topliss-reactive ketones (excluding diaryl/α,β-unsaturated/α-hetero) is 1. The molecule has 0 radical (unpaired) electrons. The lowest BCUT2D eigenvalue weighted by atomic mass is 9.97. The molecule has 1 fully saturated rings. The van der Waals surface area contributed by atoms with Crippen molar-refractivity contribution in [1.29, 1.82) is 0 Å². The summed E-state index contributed by atoms with van der Waals surface area (Å²) < 4.78 is 39.3. The number of benzene rings is 2. The van der Waals surface area contributed by atoms with E-state index < -0.39 is 17.2 Å². The van der Waals surface area contributed by atoms with E-state index in [0.29, 0.717) is 18.7 Å². The predicted molar refractivity (Wildman–Crippen MR) is 105 cm³/mol. The first-order chi connectivity index (χ1) is 13.7. The van der Waals surface area contributed by atoms with Crippen molar-refractivity contribution in [3.05, 3.63) is 59.7 Å². The number of nitrogens with one attached hydrogen (secondary N) is 2. The highest BCUT2D eigenvalue weighted by molar-refractivity contribution is 5.91. The lowest BCUT2D eigenvalue weighted by Gasteiger charge is -2.15. The number of alkyl halides is 3. The molecule has 2 aromatic carbocycles. The first-order valence-electron chi connectivity index (χ1n) is 9.56. The average molecular weight is 404 g/mol. The normalized spacial score (nSPS) is 14.9. The van der Waals surface area contributed by atoms with Crippen LogP contribution in [-0.4, -0.2) is 11.7 Å². The molecule has 0 saturated heterocycles. The zero-order valence-electron chi connectivity index (χ0n) is 16.1. The van der Waals surface area contributed by atoms with Gasteiger partial charge in [0.05, 0.1) is 16.7 Å². The summed E-state index contributed by atoms with van der Waals surface area (Å²) in [5.74, 6) is -0.0205. The van der Waals surface area contributed by atoms with Crippen LogP contribution in [-0.2, 0) is 22.3 Å². The molecule has 1 saturated carbocycles. The number of carbonyl (C=O) groups excluding carboxylic acids is 2. The molecular formula is C22H23F3N2O2. The minimum absolute atomic E-state index is 0.0164. The number of carbonyl (C=O) groups is 2. The van der Waals surface area contributed by atoms with Crippen LogP contribution in [0.3, 0.4) is 0 Å². The number of anilines is 2. The van der Waals surface area contributed by atoms with Crippen molar-refractivity contribution in [2.75, 3.05) is 5.32 Å². The standard InChI is InChI=1S/C22H23F3N2O2/c1-2-17(28)13-21(11-12-21)20(29)26-14-15-7-9-16(10-8-15)27-19-6-4-3-5-18(19)22(23,24)25/h3-10,27H,2,11-14H2,1H3,(H,26,29). The van der Waals surface area contributed by atoms with Crippen molar-refractivity contribution in [3.63, 3.8) is 0 Å². The zero-order valence-corrected chi connectivity index (χ0v) is 16.1. The molecule has 2 aromatic rings. The Kier molecular flexibility index (Phi) is 5.96. The van der Waals surface area contributed by atoms with E-state index in [0.717, 1.165) is 24.5 Å². The van der Waals surface area contributed by atoms with Crippen molar-refractivity contribution in [2.45, 2.75) is 45.3 Å². The molecule has 3 rings (SSSR count). The fourth-order valence-corrected chi connectivity index (χ4v) is 3.21. The largest absolute Gasteiger partial charge is 0.418 e. The third-order valence-electron chi connectivity index (χ3n) is 5.18. The first-order valence-corrected chi connectivity index (χ1v) is 9.56. The van der Waals surface area contributed by atoms with Gasteiger partial charge in [0.2, 0.25) is 5.91 Å². The van der Waals surface area contributed by atoms with Crippen LogP contribution in [0, 0.1) is 5.41 Å². The Hall–Kier alpha value is -2.83. The number of ketones is 1. The van der Waals surface area contributed by atoms with Crippen LogP contribution < -0.4 is 10.6 Å². The Labute approximate surface area is 167 Å². The summed E-state index contributed by atoms with van der Waals surface area (Å²) in [4.78, 5) is 24.1. The molecule has 4 nitrogen and oxygen atoms in total. The van der Waals surface area contributed by atoms with Gasteiger partial charge in [-0.05, 0) is 42.7 Å². The monoisotopic (exact) mass is 404 g/mol. The maximum Gasteiger partial charge on any atom is 0.418 e. The molecule has 0 aromatic heterocycles. The smallest absolute Gasteiger partial charge is 0.355 e. The van der Waals surface area contributed by atoms with E-state index in [1.54, 1.807) is 37.3 Å².